The van der Waals surface area contributed by atoms with Crippen LogP contribution in [-0.2, 0) is 28.6 Å². The highest BCUT2D eigenvalue weighted by Gasteiger charge is 2.83. The maximum absolute atomic E-state index is 13.3. The third-order valence-electron chi connectivity index (χ3n) is 9.99. The van der Waals surface area contributed by atoms with Gasteiger partial charge in [-0.2, -0.15) is 0 Å². The monoisotopic (exact) mass is 494 g/mol. The molecule has 194 valence electrons. The lowest BCUT2D eigenvalue weighted by atomic mass is 9.38. The summed E-state index contributed by atoms with van der Waals surface area (Å²) in [6, 6.07) is 0. The van der Waals surface area contributed by atoms with Crippen molar-refractivity contribution in [2.75, 3.05) is 6.61 Å². The van der Waals surface area contributed by atoms with E-state index in [4.69, 9.17) is 14.2 Å². The first-order chi connectivity index (χ1) is 16.2. The van der Waals surface area contributed by atoms with Gasteiger partial charge in [-0.15, -0.1) is 0 Å². The number of rotatable bonds is 3. The predicted octanol–water partition coefficient (Wildman–Crippen LogP) is -0.151. The van der Waals surface area contributed by atoms with Gasteiger partial charge in [-0.05, 0) is 44.6 Å². The summed E-state index contributed by atoms with van der Waals surface area (Å²) in [4.78, 5) is 38.8. The molecule has 5 rings (SSSR count). The maximum atomic E-state index is 13.3. The molecule has 10 heteroatoms. The zero-order valence-corrected chi connectivity index (χ0v) is 20.6. The number of hydrogen-bond acceptors (Lipinski definition) is 10. The van der Waals surface area contributed by atoms with Crippen molar-refractivity contribution in [3.05, 3.63) is 11.6 Å². The van der Waals surface area contributed by atoms with E-state index in [9.17, 15) is 34.8 Å². The molecule has 12 atom stereocenters. The summed E-state index contributed by atoms with van der Waals surface area (Å²) < 4.78 is 17.4. The molecule has 1 spiro atoms. The molecule has 3 aliphatic carbocycles. The minimum atomic E-state index is -2.12. The van der Waals surface area contributed by atoms with Crippen LogP contribution < -0.4 is 0 Å². The number of carbonyl (C=O) groups excluding carboxylic acids is 3. The van der Waals surface area contributed by atoms with Crippen LogP contribution in [0.2, 0.25) is 0 Å². The Morgan fingerprint density at radius 2 is 1.97 bits per heavy atom. The summed E-state index contributed by atoms with van der Waals surface area (Å²) in [5.41, 5.74) is -3.54. The number of hydrogen-bond donors (Lipinski definition) is 4. The lowest BCUT2D eigenvalue weighted by molar-refractivity contribution is -0.340. The number of allylic oxidation sites excluding steroid dienone is 1. The molecule has 2 bridgehead atoms. The van der Waals surface area contributed by atoms with Crippen LogP contribution in [0.3, 0.4) is 0 Å². The Balaban J connectivity index is 1.69. The lowest BCUT2D eigenvalue weighted by Crippen LogP contribution is -2.78. The van der Waals surface area contributed by atoms with Gasteiger partial charge in [0.05, 0.1) is 6.61 Å². The molecule has 4 fully saturated rings. The standard InChI is InChI=1S/C25H34O10/c1-6-22(4,31)21(30)35-16-15-11(3)17(27)25(32)20-23(5)12(10(2)7-13(26)18(23)28)8-14(34-19(16)29)24(15,20)9-33-25/h7,11-12,14-18,20,27-28,31-32H,6,8-9H2,1-5H3/t11-,12-,14+,15-,16-,17-,18+,20-,22-,23+,24-,25+/m0/s1. The van der Waals surface area contributed by atoms with Crippen molar-refractivity contribution in [1.82, 2.24) is 0 Å². The Labute approximate surface area is 203 Å². The van der Waals surface area contributed by atoms with E-state index in [0.29, 0.717) is 5.57 Å². The molecular weight excluding hydrogens is 460 g/mol. The molecule has 5 aliphatic rings. The molecule has 0 amide bonds. The second kappa shape index (κ2) is 7.35. The van der Waals surface area contributed by atoms with Crippen LogP contribution in [0.25, 0.3) is 0 Å². The molecule has 0 radical (unpaired) electrons. The van der Waals surface area contributed by atoms with Crippen molar-refractivity contribution in [3.8, 4) is 0 Å². The van der Waals surface area contributed by atoms with E-state index in [1.165, 1.54) is 13.0 Å². The maximum Gasteiger partial charge on any atom is 0.348 e. The number of carbonyl (C=O) groups is 3. The summed E-state index contributed by atoms with van der Waals surface area (Å²) in [7, 11) is 0. The van der Waals surface area contributed by atoms with Gasteiger partial charge in [0.1, 0.15) is 18.3 Å². The molecule has 0 aromatic rings. The zero-order valence-electron chi connectivity index (χ0n) is 20.6. The van der Waals surface area contributed by atoms with Crippen LogP contribution in [0.1, 0.15) is 47.5 Å². The summed E-state index contributed by atoms with van der Waals surface area (Å²) in [6.07, 6.45) is -3.51. The van der Waals surface area contributed by atoms with E-state index in [0.717, 1.165) is 0 Å². The molecule has 0 aromatic carbocycles. The molecule has 2 aliphatic heterocycles. The molecule has 10 nitrogen and oxygen atoms in total. The number of aliphatic hydroxyl groups is 4. The van der Waals surface area contributed by atoms with Crippen LogP contribution in [0.4, 0.5) is 0 Å². The molecule has 35 heavy (non-hydrogen) atoms. The second-order valence-electron chi connectivity index (χ2n) is 11.6. The number of fused-ring (bicyclic) bond motifs is 1. The van der Waals surface area contributed by atoms with E-state index < -0.39 is 88.0 Å². The number of aliphatic hydroxyl groups excluding tert-OH is 2. The largest absolute Gasteiger partial charge is 0.459 e. The molecule has 0 unspecified atom stereocenters. The zero-order chi connectivity index (χ0) is 25.9. The molecule has 2 saturated carbocycles. The highest BCUT2D eigenvalue weighted by molar-refractivity contribution is 5.96. The Morgan fingerprint density at radius 3 is 2.60 bits per heavy atom. The highest BCUT2D eigenvalue weighted by atomic mass is 16.7. The Morgan fingerprint density at radius 1 is 1.31 bits per heavy atom. The van der Waals surface area contributed by atoms with Crippen LogP contribution in [0.5, 0.6) is 0 Å². The first-order valence-electron chi connectivity index (χ1n) is 12.3. The fourth-order valence-electron chi connectivity index (χ4n) is 8.12. The molecule has 0 aromatic heterocycles. The number of ketones is 1. The molecule has 4 N–H and O–H groups in total. The van der Waals surface area contributed by atoms with Gasteiger partial charge in [0, 0.05) is 22.7 Å². The fourth-order valence-corrected chi connectivity index (χ4v) is 8.12. The normalized spacial score (nSPS) is 52.0. The summed E-state index contributed by atoms with van der Waals surface area (Å²) in [5.74, 6) is -7.47. The van der Waals surface area contributed by atoms with Crippen molar-refractivity contribution >= 4 is 17.7 Å². The van der Waals surface area contributed by atoms with Crippen LogP contribution in [0, 0.1) is 34.5 Å². The number of ether oxygens (including phenoxy) is 3. The van der Waals surface area contributed by atoms with Crippen molar-refractivity contribution in [2.45, 2.75) is 83.3 Å². The molecular formula is C25H34O10. The minimum absolute atomic E-state index is 0.0510. The number of esters is 2. The van der Waals surface area contributed by atoms with Gasteiger partial charge >= 0.3 is 11.9 Å². The quantitative estimate of drug-likeness (QED) is 0.389. The van der Waals surface area contributed by atoms with E-state index in [1.807, 2.05) is 0 Å². The van der Waals surface area contributed by atoms with Crippen LogP contribution >= 0.6 is 0 Å². The van der Waals surface area contributed by atoms with Crippen LogP contribution in [0.15, 0.2) is 11.6 Å². The summed E-state index contributed by atoms with van der Waals surface area (Å²) in [6.45, 7) is 7.88. The van der Waals surface area contributed by atoms with Crippen molar-refractivity contribution in [2.24, 2.45) is 34.5 Å². The molecule has 2 saturated heterocycles. The second-order valence-corrected chi connectivity index (χ2v) is 11.6. The highest BCUT2D eigenvalue weighted by Crippen LogP contribution is 2.73. The van der Waals surface area contributed by atoms with Crippen molar-refractivity contribution in [3.63, 3.8) is 0 Å². The van der Waals surface area contributed by atoms with Gasteiger partial charge in [0.15, 0.2) is 17.2 Å². The first kappa shape index (κ1) is 24.8. The SMILES string of the molecule is CC[C@](C)(O)C(=O)O[C@@H]1C(=O)O[C@@H]2C[C@H]3C(C)=CC(=O)[C@@H](O)[C@]3(C)[C@@H]3[C@]4(O)OC[C@@]23[C@H]1[C@H](C)[C@@H]4O. The van der Waals surface area contributed by atoms with Gasteiger partial charge in [0.25, 0.3) is 0 Å². The first-order valence-corrected chi connectivity index (χ1v) is 12.3. The average Bonchev–Trinajstić information content (AvgIpc) is 3.08. The van der Waals surface area contributed by atoms with E-state index in [-0.39, 0.29) is 19.4 Å². The third kappa shape index (κ3) is 2.80. The van der Waals surface area contributed by atoms with Gasteiger partial charge in [-0.25, -0.2) is 9.59 Å². The smallest absolute Gasteiger partial charge is 0.348 e. The van der Waals surface area contributed by atoms with E-state index >= 15 is 0 Å². The summed E-state index contributed by atoms with van der Waals surface area (Å²) >= 11 is 0. The topological polar surface area (TPSA) is 160 Å². The summed E-state index contributed by atoms with van der Waals surface area (Å²) in [5, 5.41) is 44.8. The van der Waals surface area contributed by atoms with E-state index in [2.05, 4.69) is 0 Å². The lowest BCUT2D eigenvalue weighted by Gasteiger charge is -2.68. The van der Waals surface area contributed by atoms with Gasteiger partial charge < -0.3 is 34.6 Å². The minimum Gasteiger partial charge on any atom is -0.459 e. The predicted molar refractivity (Wildman–Crippen MR) is 117 cm³/mol. The van der Waals surface area contributed by atoms with Gasteiger partial charge in [-0.3, -0.25) is 4.79 Å². The molecule has 2 heterocycles. The Hall–Kier alpha value is -1.85. The van der Waals surface area contributed by atoms with E-state index in [1.54, 1.807) is 27.7 Å². The third-order valence-corrected chi connectivity index (χ3v) is 9.99. The Bertz CT molecular complexity index is 1020. The Kier molecular flexibility index (Phi) is 5.21. The van der Waals surface area contributed by atoms with Gasteiger partial charge in [-0.1, -0.05) is 26.3 Å². The van der Waals surface area contributed by atoms with Crippen molar-refractivity contribution in [1.29, 1.82) is 0 Å². The van der Waals surface area contributed by atoms with Gasteiger partial charge in [0.2, 0.25) is 6.10 Å². The van der Waals surface area contributed by atoms with Crippen LogP contribution in [-0.4, -0.2) is 80.6 Å². The fraction of sp³-hybridized carbons (Fsp3) is 0.800. The average molecular weight is 495 g/mol. The van der Waals surface area contributed by atoms with Crippen molar-refractivity contribution < 1.29 is 49.0 Å².